The third-order valence-electron chi connectivity index (χ3n) is 1.80. The molecule has 0 aromatic carbocycles. The van der Waals surface area contributed by atoms with Crippen LogP contribution in [0.15, 0.2) is 23.8 Å². The second-order valence-electron chi connectivity index (χ2n) is 2.70. The van der Waals surface area contributed by atoms with Crippen LogP contribution in [0.2, 0.25) is 0 Å². The molecular weight excluding hydrogens is 200 g/mol. The third kappa shape index (κ3) is 1.68. The van der Waals surface area contributed by atoms with E-state index in [1.54, 1.807) is 23.7 Å². The maximum absolute atomic E-state index is 5.00. The fraction of sp³-hybridized carbons (Fsp3) is 0.111. The lowest BCUT2D eigenvalue weighted by molar-refractivity contribution is 1.18. The summed E-state index contributed by atoms with van der Waals surface area (Å²) >= 11 is 6.73. The predicted octanol–water partition coefficient (Wildman–Crippen LogP) is 3.18. The van der Waals surface area contributed by atoms with Gasteiger partial charge < -0.3 is 4.98 Å². The zero-order chi connectivity index (χ0) is 9.26. The molecule has 0 aliphatic rings. The number of aromatic nitrogens is 2. The molecule has 0 atom stereocenters. The summed E-state index contributed by atoms with van der Waals surface area (Å²) in [6, 6.07) is 2.07. The maximum atomic E-state index is 5.00. The minimum absolute atomic E-state index is 0.670. The van der Waals surface area contributed by atoms with Crippen LogP contribution in [-0.4, -0.2) is 9.97 Å². The molecule has 0 aliphatic carbocycles. The normalized spacial score (nSPS) is 10.2. The highest BCUT2D eigenvalue weighted by Crippen LogP contribution is 2.24. The van der Waals surface area contributed by atoms with Crippen molar-refractivity contribution in [3.05, 3.63) is 33.4 Å². The molecule has 1 N–H and O–H groups in total. The zero-order valence-electron chi connectivity index (χ0n) is 7.07. The molecule has 0 saturated heterocycles. The van der Waals surface area contributed by atoms with Crippen LogP contribution in [0, 0.1) is 11.6 Å². The van der Waals surface area contributed by atoms with Gasteiger partial charge in [-0.3, -0.25) is 4.98 Å². The Morgan fingerprint density at radius 2 is 2.31 bits per heavy atom. The van der Waals surface area contributed by atoms with Crippen molar-refractivity contribution >= 4 is 23.6 Å². The van der Waals surface area contributed by atoms with Crippen LogP contribution in [0.3, 0.4) is 0 Å². The van der Waals surface area contributed by atoms with Gasteiger partial charge in [0.2, 0.25) is 0 Å². The van der Waals surface area contributed by atoms with E-state index in [0.717, 1.165) is 5.69 Å². The number of nitrogens with zero attached hydrogens (tertiary/aromatic N) is 1. The molecule has 2 nitrogen and oxygen atoms in total. The Morgan fingerprint density at radius 1 is 1.46 bits per heavy atom. The molecule has 0 spiro atoms. The van der Waals surface area contributed by atoms with Crippen LogP contribution < -0.4 is 0 Å². The summed E-state index contributed by atoms with van der Waals surface area (Å²) in [5, 5.41) is 2.06. The number of H-pyrrole nitrogens is 1. The quantitative estimate of drug-likeness (QED) is 0.729. The Hall–Kier alpha value is -1.00. The summed E-state index contributed by atoms with van der Waals surface area (Å²) in [5.74, 6) is 0. The van der Waals surface area contributed by atoms with Gasteiger partial charge in [0.15, 0.2) is 0 Å². The SMILES string of the molecule is Cc1sccc1-c1cncc(=S)[nH]1. The van der Waals surface area contributed by atoms with Crippen molar-refractivity contribution in [2.24, 2.45) is 0 Å². The number of hydrogen-bond donors (Lipinski definition) is 1. The van der Waals surface area contributed by atoms with Crippen LogP contribution in [0.1, 0.15) is 4.88 Å². The highest BCUT2D eigenvalue weighted by Gasteiger charge is 2.02. The lowest BCUT2D eigenvalue weighted by atomic mass is 10.2. The minimum Gasteiger partial charge on any atom is -0.344 e. The van der Waals surface area contributed by atoms with Gasteiger partial charge in [-0.05, 0) is 18.4 Å². The highest BCUT2D eigenvalue weighted by molar-refractivity contribution is 7.71. The van der Waals surface area contributed by atoms with Crippen molar-refractivity contribution in [2.75, 3.05) is 0 Å². The molecule has 0 fully saturated rings. The van der Waals surface area contributed by atoms with Gasteiger partial charge in [0, 0.05) is 10.4 Å². The molecule has 2 rings (SSSR count). The molecule has 0 amide bonds. The summed E-state index contributed by atoms with van der Waals surface area (Å²) < 4.78 is 0.670. The lowest BCUT2D eigenvalue weighted by Gasteiger charge is -1.98. The Bertz CT molecular complexity index is 470. The predicted molar refractivity (Wildman–Crippen MR) is 57.5 cm³/mol. The Balaban J connectivity index is 2.59. The van der Waals surface area contributed by atoms with Gasteiger partial charge in [-0.1, -0.05) is 12.2 Å². The molecular formula is C9H8N2S2. The lowest BCUT2D eigenvalue weighted by Crippen LogP contribution is -1.84. The van der Waals surface area contributed by atoms with Gasteiger partial charge in [-0.2, -0.15) is 0 Å². The minimum atomic E-state index is 0.670. The standard InChI is InChI=1S/C9H8N2S2/c1-6-7(2-3-13-6)8-4-10-5-9(12)11-8/h2-5H,1H3,(H,11,12). The van der Waals surface area contributed by atoms with E-state index in [2.05, 4.69) is 28.3 Å². The second kappa shape index (κ2) is 3.40. The van der Waals surface area contributed by atoms with E-state index < -0.39 is 0 Å². The second-order valence-corrected chi connectivity index (χ2v) is 4.26. The van der Waals surface area contributed by atoms with Gasteiger partial charge in [0.25, 0.3) is 0 Å². The molecule has 4 heteroatoms. The van der Waals surface area contributed by atoms with E-state index in [-0.39, 0.29) is 0 Å². The molecule has 0 unspecified atom stereocenters. The van der Waals surface area contributed by atoms with Crippen molar-refractivity contribution < 1.29 is 0 Å². The monoisotopic (exact) mass is 208 g/mol. The van der Waals surface area contributed by atoms with E-state index in [1.165, 1.54) is 10.4 Å². The summed E-state index contributed by atoms with van der Waals surface area (Å²) in [6.07, 6.45) is 3.44. The van der Waals surface area contributed by atoms with E-state index in [9.17, 15) is 0 Å². The summed E-state index contributed by atoms with van der Waals surface area (Å²) in [5.41, 5.74) is 2.18. The van der Waals surface area contributed by atoms with E-state index in [4.69, 9.17) is 12.2 Å². The first-order valence-electron chi connectivity index (χ1n) is 3.86. The maximum Gasteiger partial charge on any atom is 0.122 e. The molecule has 2 aromatic heterocycles. The van der Waals surface area contributed by atoms with Gasteiger partial charge in [0.05, 0.1) is 18.1 Å². The molecule has 0 saturated carbocycles. The smallest absolute Gasteiger partial charge is 0.122 e. The number of hydrogen-bond acceptors (Lipinski definition) is 3. The Morgan fingerprint density at radius 3 is 2.92 bits per heavy atom. The molecule has 66 valence electrons. The van der Waals surface area contributed by atoms with Crippen molar-refractivity contribution in [3.63, 3.8) is 0 Å². The van der Waals surface area contributed by atoms with Gasteiger partial charge in [0.1, 0.15) is 4.64 Å². The van der Waals surface area contributed by atoms with Crippen LogP contribution >= 0.6 is 23.6 Å². The Kier molecular flexibility index (Phi) is 2.24. The molecule has 0 radical (unpaired) electrons. The van der Waals surface area contributed by atoms with E-state index in [1.807, 2.05) is 0 Å². The Labute approximate surface area is 85.3 Å². The number of rotatable bonds is 1. The first kappa shape index (κ1) is 8.59. The number of aryl methyl sites for hydroxylation is 1. The number of aromatic amines is 1. The van der Waals surface area contributed by atoms with Crippen LogP contribution in [0.4, 0.5) is 0 Å². The molecule has 0 bridgehead atoms. The molecule has 13 heavy (non-hydrogen) atoms. The largest absolute Gasteiger partial charge is 0.344 e. The van der Waals surface area contributed by atoms with Crippen molar-refractivity contribution in [1.82, 2.24) is 9.97 Å². The zero-order valence-corrected chi connectivity index (χ0v) is 8.71. The topological polar surface area (TPSA) is 28.7 Å². The average molecular weight is 208 g/mol. The van der Waals surface area contributed by atoms with Gasteiger partial charge in [-0.25, -0.2) is 0 Å². The molecule has 2 aromatic rings. The number of nitrogens with one attached hydrogen (secondary N) is 1. The van der Waals surface area contributed by atoms with Crippen molar-refractivity contribution in [3.8, 4) is 11.3 Å². The average Bonchev–Trinajstić information content (AvgIpc) is 2.51. The van der Waals surface area contributed by atoms with Crippen molar-refractivity contribution in [2.45, 2.75) is 6.92 Å². The van der Waals surface area contributed by atoms with Crippen LogP contribution in [-0.2, 0) is 0 Å². The first-order valence-corrected chi connectivity index (χ1v) is 5.15. The summed E-state index contributed by atoms with van der Waals surface area (Å²) in [4.78, 5) is 8.44. The van der Waals surface area contributed by atoms with E-state index >= 15 is 0 Å². The van der Waals surface area contributed by atoms with Crippen molar-refractivity contribution in [1.29, 1.82) is 0 Å². The molecule has 0 aliphatic heterocycles. The highest BCUT2D eigenvalue weighted by atomic mass is 32.1. The molecule has 2 heterocycles. The summed E-state index contributed by atoms with van der Waals surface area (Å²) in [7, 11) is 0. The van der Waals surface area contributed by atoms with E-state index in [0.29, 0.717) is 4.64 Å². The fourth-order valence-corrected chi connectivity index (χ4v) is 2.06. The fourth-order valence-electron chi connectivity index (χ4n) is 1.18. The summed E-state index contributed by atoms with van der Waals surface area (Å²) in [6.45, 7) is 2.09. The van der Waals surface area contributed by atoms with Gasteiger partial charge >= 0.3 is 0 Å². The first-order chi connectivity index (χ1) is 6.27. The van der Waals surface area contributed by atoms with Gasteiger partial charge in [-0.15, -0.1) is 11.3 Å². The number of thiophene rings is 1. The third-order valence-corrected chi connectivity index (χ3v) is 2.86. The van der Waals surface area contributed by atoms with Crippen LogP contribution in [0.25, 0.3) is 11.3 Å². The van der Waals surface area contributed by atoms with Crippen LogP contribution in [0.5, 0.6) is 0 Å².